The van der Waals surface area contributed by atoms with Crippen LogP contribution in [0, 0.1) is 0 Å². The first kappa shape index (κ1) is 31.5. The van der Waals surface area contributed by atoms with E-state index in [2.05, 4.69) is 164 Å². The average molecular weight is 688 g/mol. The third kappa shape index (κ3) is 6.08. The van der Waals surface area contributed by atoms with Gasteiger partial charge in [0, 0.05) is 16.7 Å². The van der Waals surface area contributed by atoms with Gasteiger partial charge >= 0.3 is 0 Å². The normalized spacial score (nSPS) is 11.3. The second-order valence-corrected chi connectivity index (χ2v) is 13.7. The molecule has 0 atom stereocenters. The molecule has 9 aromatic carbocycles. The zero-order chi connectivity index (χ0) is 35.8. The fourth-order valence-corrected chi connectivity index (χ4v) is 7.36. The lowest BCUT2D eigenvalue weighted by molar-refractivity contribution is 1.08. The summed E-state index contributed by atoms with van der Waals surface area (Å²) in [7, 11) is 0. The highest BCUT2D eigenvalue weighted by Gasteiger charge is 2.14. The second-order valence-electron chi connectivity index (χ2n) is 13.7. The molecule has 10 rings (SSSR count). The molecule has 0 spiro atoms. The summed E-state index contributed by atoms with van der Waals surface area (Å²) in [6.07, 6.45) is 0. The number of fused-ring (bicyclic) bond motifs is 3. The SMILES string of the molecule is c1ccc(-c2ccc3cc(-c4nc(-c5ccccc5)nc(-c5ccc6cc(-c7cccc(-c8ccc9ccccc9c8)c7)ccc6c5)n4)ccc3c2)cc1. The molecule has 54 heavy (non-hydrogen) atoms. The van der Waals surface area contributed by atoms with Crippen LogP contribution in [-0.4, -0.2) is 15.0 Å². The molecule has 0 unspecified atom stereocenters. The maximum Gasteiger partial charge on any atom is 0.164 e. The van der Waals surface area contributed by atoms with E-state index in [0.29, 0.717) is 17.5 Å². The summed E-state index contributed by atoms with van der Waals surface area (Å²) in [5.41, 5.74) is 10.0. The van der Waals surface area contributed by atoms with Crippen LogP contribution in [0.15, 0.2) is 200 Å². The van der Waals surface area contributed by atoms with Gasteiger partial charge in [0.1, 0.15) is 0 Å². The van der Waals surface area contributed by atoms with E-state index in [1.807, 2.05) is 36.4 Å². The van der Waals surface area contributed by atoms with Crippen molar-refractivity contribution in [3.63, 3.8) is 0 Å². The van der Waals surface area contributed by atoms with Crippen molar-refractivity contribution >= 4 is 32.3 Å². The summed E-state index contributed by atoms with van der Waals surface area (Å²) >= 11 is 0. The molecule has 0 bridgehead atoms. The summed E-state index contributed by atoms with van der Waals surface area (Å²) in [6, 6.07) is 70.8. The van der Waals surface area contributed by atoms with Crippen molar-refractivity contribution in [1.82, 2.24) is 15.0 Å². The highest BCUT2D eigenvalue weighted by molar-refractivity contribution is 5.93. The Morgan fingerprint density at radius 3 is 1.02 bits per heavy atom. The lowest BCUT2D eigenvalue weighted by Crippen LogP contribution is -2.00. The van der Waals surface area contributed by atoms with Gasteiger partial charge in [-0.1, -0.05) is 164 Å². The van der Waals surface area contributed by atoms with Crippen LogP contribution in [-0.2, 0) is 0 Å². The number of nitrogens with zero attached hydrogens (tertiary/aromatic N) is 3. The minimum Gasteiger partial charge on any atom is -0.208 e. The lowest BCUT2D eigenvalue weighted by Gasteiger charge is -2.11. The number of hydrogen-bond acceptors (Lipinski definition) is 3. The molecule has 0 aliphatic rings. The number of aromatic nitrogens is 3. The molecular formula is C51H33N3. The molecule has 0 saturated heterocycles. The van der Waals surface area contributed by atoms with Crippen LogP contribution in [0.4, 0.5) is 0 Å². The first-order valence-corrected chi connectivity index (χ1v) is 18.3. The van der Waals surface area contributed by atoms with Crippen LogP contribution < -0.4 is 0 Å². The van der Waals surface area contributed by atoms with Gasteiger partial charge in [0.15, 0.2) is 17.5 Å². The molecule has 10 aromatic rings. The van der Waals surface area contributed by atoms with Crippen molar-refractivity contribution in [3.05, 3.63) is 200 Å². The monoisotopic (exact) mass is 687 g/mol. The van der Waals surface area contributed by atoms with Crippen LogP contribution in [0.1, 0.15) is 0 Å². The molecule has 0 fully saturated rings. The minimum absolute atomic E-state index is 0.646. The van der Waals surface area contributed by atoms with Gasteiger partial charge in [-0.2, -0.15) is 0 Å². The quantitative estimate of drug-likeness (QED) is 0.175. The molecular weight excluding hydrogens is 655 g/mol. The molecule has 0 aliphatic carbocycles. The van der Waals surface area contributed by atoms with E-state index in [9.17, 15) is 0 Å². The Labute approximate surface area is 313 Å². The van der Waals surface area contributed by atoms with Crippen LogP contribution >= 0.6 is 0 Å². The first-order chi connectivity index (χ1) is 26.7. The molecule has 1 heterocycles. The molecule has 3 heteroatoms. The Balaban J connectivity index is 1.00. The van der Waals surface area contributed by atoms with E-state index in [-0.39, 0.29) is 0 Å². The number of benzene rings is 9. The van der Waals surface area contributed by atoms with Crippen molar-refractivity contribution in [2.45, 2.75) is 0 Å². The summed E-state index contributed by atoms with van der Waals surface area (Å²) in [4.78, 5) is 15.1. The van der Waals surface area contributed by atoms with Crippen molar-refractivity contribution in [1.29, 1.82) is 0 Å². The van der Waals surface area contributed by atoms with E-state index < -0.39 is 0 Å². The predicted molar refractivity (Wildman–Crippen MR) is 225 cm³/mol. The second kappa shape index (κ2) is 13.4. The Hall–Kier alpha value is -7.23. The molecule has 3 nitrogen and oxygen atoms in total. The molecule has 1 aromatic heterocycles. The average Bonchev–Trinajstić information content (AvgIpc) is 3.26. The third-order valence-corrected chi connectivity index (χ3v) is 10.3. The highest BCUT2D eigenvalue weighted by Crippen LogP contribution is 2.33. The highest BCUT2D eigenvalue weighted by atomic mass is 15.0. The predicted octanol–water partition coefficient (Wildman–Crippen LogP) is 13.3. The number of rotatable bonds is 6. The standard InChI is InChI=1S/C51H33N3/c1-3-10-34(11-4-1)40-20-21-45-32-47(26-24-43(45)30-40)50-52-49(36-13-5-2-6-14-36)53-51(54-50)48-27-25-44-31-42(22-23-46(44)33-48)39-17-9-16-38(29-39)41-19-18-35-12-7-8-15-37(35)28-41/h1-33H. The fraction of sp³-hybridized carbons (Fsp3) is 0. The van der Waals surface area contributed by atoms with Gasteiger partial charge in [0.2, 0.25) is 0 Å². The first-order valence-electron chi connectivity index (χ1n) is 18.3. The Morgan fingerprint density at radius 2 is 0.500 bits per heavy atom. The summed E-state index contributed by atoms with van der Waals surface area (Å²) < 4.78 is 0. The van der Waals surface area contributed by atoms with Gasteiger partial charge in [-0.25, -0.2) is 15.0 Å². The maximum absolute atomic E-state index is 5.08. The van der Waals surface area contributed by atoms with Gasteiger partial charge in [0.25, 0.3) is 0 Å². The van der Waals surface area contributed by atoms with Crippen molar-refractivity contribution in [2.75, 3.05) is 0 Å². The zero-order valence-corrected chi connectivity index (χ0v) is 29.4. The Morgan fingerprint density at radius 1 is 0.185 bits per heavy atom. The van der Waals surface area contributed by atoms with E-state index >= 15 is 0 Å². The van der Waals surface area contributed by atoms with Crippen LogP contribution in [0.25, 0.3) is 99.9 Å². The van der Waals surface area contributed by atoms with Crippen LogP contribution in [0.5, 0.6) is 0 Å². The molecule has 0 saturated carbocycles. The molecule has 0 radical (unpaired) electrons. The molecule has 0 aliphatic heterocycles. The van der Waals surface area contributed by atoms with E-state index in [0.717, 1.165) is 32.8 Å². The van der Waals surface area contributed by atoms with Crippen LogP contribution in [0.2, 0.25) is 0 Å². The van der Waals surface area contributed by atoms with Gasteiger partial charge in [-0.15, -0.1) is 0 Å². The van der Waals surface area contributed by atoms with Crippen molar-refractivity contribution < 1.29 is 0 Å². The van der Waals surface area contributed by atoms with Crippen molar-refractivity contribution in [3.8, 4) is 67.5 Å². The molecule has 0 amide bonds. The molecule has 252 valence electrons. The smallest absolute Gasteiger partial charge is 0.164 e. The fourth-order valence-electron chi connectivity index (χ4n) is 7.36. The van der Waals surface area contributed by atoms with Gasteiger partial charge in [-0.3, -0.25) is 0 Å². The van der Waals surface area contributed by atoms with E-state index in [1.54, 1.807) is 0 Å². The summed E-state index contributed by atoms with van der Waals surface area (Å²) in [6.45, 7) is 0. The number of hydrogen-bond donors (Lipinski definition) is 0. The summed E-state index contributed by atoms with van der Waals surface area (Å²) in [5.74, 6) is 1.94. The largest absolute Gasteiger partial charge is 0.208 e. The topological polar surface area (TPSA) is 38.7 Å². The third-order valence-electron chi connectivity index (χ3n) is 10.3. The van der Waals surface area contributed by atoms with Gasteiger partial charge in [-0.05, 0) is 102 Å². The van der Waals surface area contributed by atoms with Gasteiger partial charge < -0.3 is 0 Å². The van der Waals surface area contributed by atoms with E-state index in [1.165, 1.54) is 49.5 Å². The molecule has 0 N–H and O–H groups in total. The van der Waals surface area contributed by atoms with Crippen LogP contribution in [0.3, 0.4) is 0 Å². The van der Waals surface area contributed by atoms with Gasteiger partial charge in [0.05, 0.1) is 0 Å². The zero-order valence-electron chi connectivity index (χ0n) is 29.4. The summed E-state index contributed by atoms with van der Waals surface area (Å²) in [5, 5.41) is 7.10. The maximum atomic E-state index is 5.08. The minimum atomic E-state index is 0.646. The van der Waals surface area contributed by atoms with Crippen molar-refractivity contribution in [2.24, 2.45) is 0 Å². The lowest BCUT2D eigenvalue weighted by atomic mass is 9.95. The Bertz CT molecular complexity index is 2990. The Kier molecular flexibility index (Phi) is 7.81. The van der Waals surface area contributed by atoms with E-state index in [4.69, 9.17) is 15.0 Å².